The minimum Gasteiger partial charge on any atom is -0.545 e. The molecule has 4 aliphatic rings. The number of halogens is 2. The predicted octanol–water partition coefficient (Wildman–Crippen LogP) is -5.49. The number of thiocarbonyl (C=S) groups is 1. The number of nitrogens with zero attached hydrogens (tertiary/aromatic N) is 3. The molecule has 3 aromatic rings. The topological polar surface area (TPSA) is 196 Å². The standard InChI is InChI=1S/C34H32ClFN6O8S4.2Na/c35-25-27-19(29(45)20(32(47)48)13-40(27)15-3-4-15)10-21(36)28(25)41(16-5-6-37-11-16)24(44)14-53-34(51)38-12-18-8-22(33(49)50)42-30(46)26(31(42)54-18)39-23(43)9-17-2-1-7-52-17;;/h1-2,7-8,10,13,15-16,18,26,31,37H,3-6,9,11-12,14H2,(H,38,51)(H,39,43)(H,47,48)(H,49,50);;/q;2*+1/p-2. The van der Waals surface area contributed by atoms with E-state index in [0.717, 1.165) is 33.8 Å². The van der Waals surface area contributed by atoms with Gasteiger partial charge in [0.05, 0.1) is 57.3 Å². The van der Waals surface area contributed by atoms with Crippen molar-refractivity contribution >= 4 is 109 Å². The quantitative estimate of drug-likeness (QED) is 0.0888. The Balaban J connectivity index is 0.00000300. The van der Waals surface area contributed by atoms with E-state index < -0.39 is 63.3 Å². The van der Waals surface area contributed by atoms with Gasteiger partial charge in [-0.3, -0.25) is 24.1 Å². The first-order valence-corrected chi connectivity index (χ1v) is 20.4. The van der Waals surface area contributed by atoms with Crippen molar-refractivity contribution in [2.24, 2.45) is 0 Å². The van der Waals surface area contributed by atoms with E-state index in [-0.39, 0.29) is 121 Å². The molecule has 0 radical (unpaired) electrons. The fourth-order valence-electron chi connectivity index (χ4n) is 6.78. The Morgan fingerprint density at radius 2 is 1.89 bits per heavy atom. The normalized spacial score (nSPS) is 21.1. The minimum absolute atomic E-state index is 0. The van der Waals surface area contributed by atoms with Crippen molar-refractivity contribution in [1.82, 2.24) is 25.4 Å². The first-order chi connectivity index (χ1) is 25.8. The third-order valence-electron chi connectivity index (χ3n) is 9.43. The number of fused-ring (bicyclic) bond motifs is 2. The second kappa shape index (κ2) is 18.9. The maximum atomic E-state index is 16.0. The van der Waals surface area contributed by atoms with Gasteiger partial charge in [0.15, 0.2) is 5.43 Å². The van der Waals surface area contributed by atoms with Gasteiger partial charge < -0.3 is 45.2 Å². The van der Waals surface area contributed by atoms with Gasteiger partial charge in [-0.15, -0.1) is 23.1 Å². The zero-order valence-electron chi connectivity index (χ0n) is 30.0. The Morgan fingerprint density at radius 1 is 1.14 bits per heavy atom. The van der Waals surface area contributed by atoms with Crippen LogP contribution in [0.1, 0.15) is 40.5 Å². The van der Waals surface area contributed by atoms with Crippen LogP contribution in [0.25, 0.3) is 10.9 Å². The number of aromatic nitrogens is 1. The Morgan fingerprint density at radius 3 is 2.52 bits per heavy atom. The summed E-state index contributed by atoms with van der Waals surface area (Å²) in [5, 5.41) is 32.8. The number of rotatable bonds is 12. The summed E-state index contributed by atoms with van der Waals surface area (Å²) in [6, 6.07) is 2.94. The molecule has 3 aliphatic heterocycles. The Kier molecular flexibility index (Phi) is 15.2. The van der Waals surface area contributed by atoms with Crippen molar-refractivity contribution in [3.8, 4) is 0 Å². The number of hydrogen-bond donors (Lipinski definition) is 3. The third-order valence-corrected chi connectivity index (χ3v) is 13.4. The van der Waals surface area contributed by atoms with E-state index in [1.807, 2.05) is 11.4 Å². The van der Waals surface area contributed by atoms with Crippen molar-refractivity contribution in [2.75, 3.05) is 30.3 Å². The number of anilines is 1. The molecule has 0 bridgehead atoms. The molecule has 1 aliphatic carbocycles. The zero-order chi connectivity index (χ0) is 38.4. The van der Waals surface area contributed by atoms with E-state index in [1.165, 1.54) is 34.1 Å². The maximum absolute atomic E-state index is 16.0. The van der Waals surface area contributed by atoms with E-state index in [1.54, 1.807) is 10.6 Å². The molecule has 2 aromatic heterocycles. The van der Waals surface area contributed by atoms with Crippen LogP contribution in [0.5, 0.6) is 0 Å². The number of carboxylic acid groups (broad SMARTS) is 2. The molecule has 0 spiro atoms. The van der Waals surface area contributed by atoms with E-state index >= 15 is 4.39 Å². The summed E-state index contributed by atoms with van der Waals surface area (Å²) in [7, 11) is 0. The van der Waals surface area contributed by atoms with E-state index in [0.29, 0.717) is 32.4 Å². The van der Waals surface area contributed by atoms with Crippen molar-refractivity contribution < 1.29 is 97.7 Å². The Bertz CT molecular complexity index is 2190. The van der Waals surface area contributed by atoms with Crippen LogP contribution in [0, 0.1) is 5.82 Å². The van der Waals surface area contributed by atoms with Gasteiger partial charge in [0.1, 0.15) is 27.2 Å². The van der Waals surface area contributed by atoms with Gasteiger partial charge in [-0.2, -0.15) is 0 Å². The van der Waals surface area contributed by atoms with Gasteiger partial charge >= 0.3 is 59.1 Å². The van der Waals surface area contributed by atoms with E-state index in [2.05, 4.69) is 16.0 Å². The summed E-state index contributed by atoms with van der Waals surface area (Å²) in [5.41, 5.74) is -1.97. The van der Waals surface area contributed by atoms with Crippen molar-refractivity contribution in [1.29, 1.82) is 0 Å². The second-order valence-corrected chi connectivity index (χ2v) is 17.4. The molecule has 2 saturated heterocycles. The van der Waals surface area contributed by atoms with Crippen LogP contribution in [-0.2, 0) is 25.6 Å². The number of hydrogen-bond acceptors (Lipinski definition) is 13. The van der Waals surface area contributed by atoms with Crippen LogP contribution in [0.3, 0.4) is 0 Å². The number of aromatic carboxylic acids is 1. The summed E-state index contributed by atoms with van der Waals surface area (Å²) in [6.45, 7) is 1.01. The molecular formula is C34H30ClFN6Na2O8S4. The fourth-order valence-corrected chi connectivity index (χ4v) is 10.1. The number of nitrogens with one attached hydrogen (secondary N) is 3. The second-order valence-electron chi connectivity index (χ2n) is 13.0. The first kappa shape index (κ1) is 45.1. The van der Waals surface area contributed by atoms with Gasteiger partial charge in [0, 0.05) is 35.5 Å². The maximum Gasteiger partial charge on any atom is 1.00 e. The summed E-state index contributed by atoms with van der Waals surface area (Å²) in [6.07, 6.45) is 4.48. The molecule has 22 heteroatoms. The number of pyridine rings is 1. The van der Waals surface area contributed by atoms with Gasteiger partial charge in [0.25, 0.3) is 5.91 Å². The van der Waals surface area contributed by atoms with Crippen LogP contribution in [-0.4, -0.2) is 91.5 Å². The molecule has 56 heavy (non-hydrogen) atoms. The van der Waals surface area contributed by atoms with Crippen molar-refractivity contribution in [3.63, 3.8) is 0 Å². The smallest absolute Gasteiger partial charge is 0.545 e. The molecular weight excluding hydrogens is 849 g/mol. The average Bonchev–Trinajstić information content (AvgIpc) is 3.58. The molecule has 7 rings (SSSR count). The van der Waals surface area contributed by atoms with Crippen LogP contribution in [0.4, 0.5) is 10.1 Å². The average molecular weight is 879 g/mol. The number of aliphatic carboxylic acids is 1. The van der Waals surface area contributed by atoms with Gasteiger partial charge in [-0.05, 0) is 49.4 Å². The minimum atomic E-state index is -1.69. The fraction of sp³-hybridized carbons (Fsp3) is 0.382. The SMILES string of the molecule is O=C(Cc1cccs1)NC1C(=O)N2C(C(=O)[O-])=CC(CNC(=S)SCC(=O)N(c3c(F)cc4c(=O)c(C(=O)[O-])cn(C5CC5)c4c3Cl)C3CCNC3)SC12.[Na+].[Na+]. The Labute approximate surface area is 386 Å². The van der Waals surface area contributed by atoms with Crippen LogP contribution in [0.15, 0.2) is 46.3 Å². The predicted molar refractivity (Wildman–Crippen MR) is 203 cm³/mol. The van der Waals surface area contributed by atoms with E-state index in [9.17, 15) is 39.0 Å². The van der Waals surface area contributed by atoms with Crippen molar-refractivity contribution in [3.05, 3.63) is 73.1 Å². The number of carbonyl (C=O) groups excluding carboxylic acids is 5. The number of β-lactam (4-membered cyclic amide) rings is 1. The molecule has 3 N–H and O–H groups in total. The van der Waals surface area contributed by atoms with Gasteiger partial charge in [0.2, 0.25) is 11.8 Å². The number of benzene rings is 1. The summed E-state index contributed by atoms with van der Waals surface area (Å²) >= 11 is 16.0. The first-order valence-electron chi connectivity index (χ1n) is 16.8. The molecule has 14 nitrogen and oxygen atoms in total. The van der Waals surface area contributed by atoms with Gasteiger partial charge in [-0.1, -0.05) is 41.6 Å². The summed E-state index contributed by atoms with van der Waals surface area (Å²) in [5.74, 6) is -5.89. The summed E-state index contributed by atoms with van der Waals surface area (Å²) in [4.78, 5) is 79.3. The number of thiophene rings is 1. The third kappa shape index (κ3) is 9.23. The molecule has 284 valence electrons. The molecule has 4 unspecified atom stereocenters. The zero-order valence-corrected chi connectivity index (χ0v) is 38.0. The van der Waals surface area contributed by atoms with Crippen molar-refractivity contribution in [2.45, 2.75) is 54.4 Å². The molecule has 1 saturated carbocycles. The largest absolute Gasteiger partial charge is 1.00 e. The monoisotopic (exact) mass is 878 g/mol. The molecule has 1 aromatic carbocycles. The Hall–Kier alpha value is -2.01. The number of amides is 3. The van der Waals surface area contributed by atoms with Gasteiger partial charge in [-0.25, -0.2) is 4.39 Å². The summed E-state index contributed by atoms with van der Waals surface area (Å²) < 4.78 is 17.8. The van der Waals surface area contributed by atoms with Crippen LogP contribution < -0.4 is 95.6 Å². The molecule has 3 amide bonds. The molecule has 5 heterocycles. The molecule has 4 atom stereocenters. The van der Waals surface area contributed by atoms with Crippen LogP contribution in [0.2, 0.25) is 5.02 Å². The number of carbonyl (C=O) groups is 5. The number of thioether (sulfide) groups is 2. The van der Waals surface area contributed by atoms with Crippen LogP contribution >= 0.6 is 58.7 Å². The van der Waals surface area contributed by atoms with E-state index in [4.69, 9.17) is 23.8 Å². The number of carboxylic acids is 2. The molecule has 3 fully saturated rings.